The first-order valence-corrected chi connectivity index (χ1v) is 11.3. The zero-order valence-electron chi connectivity index (χ0n) is 17.1. The van der Waals surface area contributed by atoms with Gasteiger partial charge in [0.25, 0.3) is 0 Å². The smallest absolute Gasteiger partial charge is 0.244 e. The second-order valence-corrected chi connectivity index (χ2v) is 8.94. The van der Waals surface area contributed by atoms with Crippen molar-refractivity contribution in [2.45, 2.75) is 12.0 Å². The van der Waals surface area contributed by atoms with Crippen molar-refractivity contribution in [2.75, 3.05) is 44.2 Å². The molecule has 7 heteroatoms. The monoisotopic (exact) mass is 467 g/mol. The van der Waals surface area contributed by atoms with Gasteiger partial charge in [0.1, 0.15) is 6.04 Å². The minimum Gasteiger partial charge on any atom is -0.340 e. The largest absolute Gasteiger partial charge is 0.340 e. The van der Waals surface area contributed by atoms with E-state index in [1.54, 1.807) is 0 Å². The van der Waals surface area contributed by atoms with Crippen LogP contribution in [0.3, 0.4) is 0 Å². The van der Waals surface area contributed by atoms with E-state index in [1.165, 1.54) is 5.56 Å². The average Bonchev–Trinajstić information content (AvgIpc) is 3.21. The molecule has 2 N–H and O–H groups in total. The van der Waals surface area contributed by atoms with E-state index in [2.05, 4.69) is 46.2 Å². The number of thioether (sulfide) groups is 1. The minimum atomic E-state index is -0.185. The van der Waals surface area contributed by atoms with Crippen molar-refractivity contribution in [1.29, 1.82) is 0 Å². The fourth-order valence-corrected chi connectivity index (χ4v) is 5.45. The lowest BCUT2D eigenvalue weighted by molar-refractivity contribution is -0.136. The number of hydrogen-bond acceptors (Lipinski definition) is 4. The summed E-state index contributed by atoms with van der Waals surface area (Å²) >= 11 is 1.97. The first-order chi connectivity index (χ1) is 13.8. The van der Waals surface area contributed by atoms with Gasteiger partial charge in [-0.3, -0.25) is 9.69 Å². The van der Waals surface area contributed by atoms with Gasteiger partial charge in [0, 0.05) is 43.6 Å². The van der Waals surface area contributed by atoms with Crippen molar-refractivity contribution in [3.05, 3.63) is 71.8 Å². The highest BCUT2D eigenvalue weighted by atomic mass is 35.5. The van der Waals surface area contributed by atoms with E-state index in [4.69, 9.17) is 5.73 Å². The van der Waals surface area contributed by atoms with Crippen molar-refractivity contribution in [3.63, 3.8) is 0 Å². The van der Waals surface area contributed by atoms with Crippen LogP contribution in [0.25, 0.3) is 0 Å². The highest BCUT2D eigenvalue weighted by molar-refractivity contribution is 7.99. The molecule has 2 aliphatic rings. The number of hydrogen-bond donors (Lipinski definition) is 1. The van der Waals surface area contributed by atoms with Crippen LogP contribution in [-0.2, 0) is 4.79 Å². The van der Waals surface area contributed by atoms with E-state index in [9.17, 15) is 4.79 Å². The van der Waals surface area contributed by atoms with Crippen LogP contribution in [0.5, 0.6) is 0 Å². The zero-order chi connectivity index (χ0) is 19.3. The molecule has 30 heavy (non-hydrogen) atoms. The molecule has 2 heterocycles. The summed E-state index contributed by atoms with van der Waals surface area (Å²) in [7, 11) is 0. The van der Waals surface area contributed by atoms with Crippen LogP contribution in [0.2, 0.25) is 0 Å². The topological polar surface area (TPSA) is 49.6 Å². The Bertz CT molecular complexity index is 775. The number of benzene rings is 2. The molecular formula is C23H31Cl2N3OS. The van der Waals surface area contributed by atoms with Crippen LogP contribution in [0, 0.1) is 5.92 Å². The number of halogens is 2. The fraction of sp³-hybridized carbons (Fsp3) is 0.435. The van der Waals surface area contributed by atoms with Crippen molar-refractivity contribution in [3.8, 4) is 0 Å². The lowest BCUT2D eigenvalue weighted by Crippen LogP contribution is -2.45. The Morgan fingerprint density at radius 1 is 0.967 bits per heavy atom. The molecule has 0 aliphatic carbocycles. The molecule has 1 amide bonds. The molecule has 0 spiro atoms. The summed E-state index contributed by atoms with van der Waals surface area (Å²) in [6.07, 6.45) is 0. The van der Waals surface area contributed by atoms with Gasteiger partial charge < -0.3 is 10.6 Å². The fourth-order valence-electron chi connectivity index (χ4n) is 4.52. The number of carbonyl (C=O) groups is 1. The number of carbonyl (C=O) groups excluding carboxylic acids is 1. The third-order valence-electron chi connectivity index (χ3n) is 6.04. The van der Waals surface area contributed by atoms with Gasteiger partial charge in [-0.05, 0) is 23.6 Å². The molecule has 3 atom stereocenters. The van der Waals surface area contributed by atoms with E-state index in [0.29, 0.717) is 18.4 Å². The van der Waals surface area contributed by atoms with Gasteiger partial charge in [0.2, 0.25) is 5.91 Å². The number of nitrogens with zero attached hydrogens (tertiary/aromatic N) is 2. The molecule has 4 rings (SSSR count). The Labute approximate surface area is 196 Å². The Balaban J connectivity index is 0.00000160. The Kier molecular flexibility index (Phi) is 9.98. The summed E-state index contributed by atoms with van der Waals surface area (Å²) < 4.78 is 0. The maximum absolute atomic E-state index is 13.7. The summed E-state index contributed by atoms with van der Waals surface area (Å²) in [5.41, 5.74) is 8.50. The number of rotatable bonds is 5. The normalized spacial score (nSPS) is 22.6. The van der Waals surface area contributed by atoms with Crippen LogP contribution >= 0.6 is 36.6 Å². The zero-order valence-corrected chi connectivity index (χ0v) is 19.5. The van der Waals surface area contributed by atoms with Crippen LogP contribution in [0.15, 0.2) is 60.7 Å². The van der Waals surface area contributed by atoms with E-state index in [-0.39, 0.29) is 36.8 Å². The Morgan fingerprint density at radius 2 is 1.57 bits per heavy atom. The summed E-state index contributed by atoms with van der Waals surface area (Å²) in [6.45, 7) is 4.05. The van der Waals surface area contributed by atoms with Gasteiger partial charge in [0.15, 0.2) is 0 Å². The first kappa shape index (κ1) is 25.0. The molecule has 0 radical (unpaired) electrons. The predicted molar refractivity (Wildman–Crippen MR) is 131 cm³/mol. The molecule has 2 aliphatic heterocycles. The van der Waals surface area contributed by atoms with Gasteiger partial charge >= 0.3 is 0 Å². The molecular weight excluding hydrogens is 437 g/mol. The average molecular weight is 468 g/mol. The molecule has 4 nitrogen and oxygen atoms in total. The lowest BCUT2D eigenvalue weighted by Gasteiger charge is -2.36. The van der Waals surface area contributed by atoms with Crippen molar-refractivity contribution in [2.24, 2.45) is 11.7 Å². The van der Waals surface area contributed by atoms with Gasteiger partial charge in [0.05, 0.1) is 0 Å². The first-order valence-electron chi connectivity index (χ1n) is 10.2. The number of nitrogens with two attached hydrogens (primary N) is 1. The molecule has 2 aromatic rings. The lowest BCUT2D eigenvalue weighted by atomic mass is 9.89. The van der Waals surface area contributed by atoms with Crippen LogP contribution in [0.1, 0.15) is 23.1 Å². The van der Waals surface area contributed by atoms with Crippen molar-refractivity contribution in [1.82, 2.24) is 9.80 Å². The van der Waals surface area contributed by atoms with Crippen LogP contribution in [0.4, 0.5) is 0 Å². The highest BCUT2D eigenvalue weighted by Gasteiger charge is 2.39. The predicted octanol–water partition coefficient (Wildman–Crippen LogP) is 3.82. The molecule has 164 valence electrons. The minimum absolute atomic E-state index is 0. The number of likely N-dealkylation sites (tertiary alicyclic amines) is 1. The van der Waals surface area contributed by atoms with Crippen molar-refractivity contribution >= 4 is 42.5 Å². The van der Waals surface area contributed by atoms with Crippen LogP contribution in [-0.4, -0.2) is 59.9 Å². The molecule has 2 fully saturated rings. The van der Waals surface area contributed by atoms with Gasteiger partial charge in [-0.2, -0.15) is 11.8 Å². The SMILES string of the molecule is Cl.Cl.NC[C@@H]1CN(C(=O)C(c2ccccc2)N2CCSCC2)C[C@H]1c1ccccc1. The Morgan fingerprint density at radius 3 is 2.17 bits per heavy atom. The van der Waals surface area contributed by atoms with E-state index >= 15 is 0 Å². The maximum Gasteiger partial charge on any atom is 0.244 e. The summed E-state index contributed by atoms with van der Waals surface area (Å²) in [5.74, 6) is 3.06. The number of amides is 1. The second-order valence-electron chi connectivity index (χ2n) is 7.72. The highest BCUT2D eigenvalue weighted by Crippen LogP contribution is 2.35. The summed E-state index contributed by atoms with van der Waals surface area (Å²) in [4.78, 5) is 18.1. The second kappa shape index (κ2) is 12.0. The molecule has 2 saturated heterocycles. The molecule has 0 bridgehead atoms. The standard InChI is InChI=1S/C23H29N3OS.2ClH/c24-15-20-16-26(17-21(20)18-7-3-1-4-8-18)23(27)22(19-9-5-2-6-10-19)25-11-13-28-14-12-25;;/h1-10,20-22H,11-17,24H2;2*1H/t20-,21+,22?;;/m1../s1. The quantitative estimate of drug-likeness (QED) is 0.725. The molecule has 1 unspecified atom stereocenters. The van der Waals surface area contributed by atoms with Gasteiger partial charge in [-0.15, -0.1) is 24.8 Å². The molecule has 0 aromatic heterocycles. The van der Waals surface area contributed by atoms with Gasteiger partial charge in [-0.25, -0.2) is 0 Å². The maximum atomic E-state index is 13.7. The van der Waals surface area contributed by atoms with Crippen molar-refractivity contribution < 1.29 is 4.79 Å². The van der Waals surface area contributed by atoms with Gasteiger partial charge in [-0.1, -0.05) is 60.7 Å². The summed E-state index contributed by atoms with van der Waals surface area (Å²) in [6, 6.07) is 20.6. The molecule has 2 aromatic carbocycles. The van der Waals surface area contributed by atoms with E-state index in [1.807, 2.05) is 36.0 Å². The van der Waals surface area contributed by atoms with Crippen LogP contribution < -0.4 is 5.73 Å². The molecule has 0 saturated carbocycles. The third kappa shape index (κ3) is 5.51. The third-order valence-corrected chi connectivity index (χ3v) is 6.99. The Hall–Kier alpha value is -1.24. The van der Waals surface area contributed by atoms with E-state index in [0.717, 1.165) is 43.2 Å². The van der Waals surface area contributed by atoms with E-state index < -0.39 is 0 Å². The summed E-state index contributed by atoms with van der Waals surface area (Å²) in [5, 5.41) is 0.